The molecule has 0 radical (unpaired) electrons. The summed E-state index contributed by atoms with van der Waals surface area (Å²) in [5.74, 6) is -1.50. The predicted molar refractivity (Wildman–Crippen MR) is 113 cm³/mol. The zero-order valence-electron chi connectivity index (χ0n) is 18.5. The first kappa shape index (κ1) is 21.3. The number of para-hydroxylation sites is 1. The van der Waals surface area contributed by atoms with Gasteiger partial charge in [-0.2, -0.15) is 0 Å². The molecule has 0 spiro atoms. The minimum absolute atomic E-state index is 0.0416. The lowest BCUT2D eigenvalue weighted by molar-refractivity contribution is -0.163. The third-order valence-electron chi connectivity index (χ3n) is 6.27. The molecule has 166 valence electrons. The minimum Gasteiger partial charge on any atom is -0.452 e. The van der Waals surface area contributed by atoms with Crippen molar-refractivity contribution in [3.05, 3.63) is 29.8 Å². The Morgan fingerprint density at radius 1 is 1.13 bits per heavy atom. The quantitative estimate of drug-likeness (QED) is 0.650. The van der Waals surface area contributed by atoms with Gasteiger partial charge in [0.1, 0.15) is 0 Å². The molecular formula is C23H29N3O5. The molecule has 2 aliphatic heterocycles. The Morgan fingerprint density at radius 2 is 1.77 bits per heavy atom. The van der Waals surface area contributed by atoms with Crippen LogP contribution in [0.4, 0.5) is 5.69 Å². The molecule has 1 atom stereocenters. The number of hydrogen-bond donors (Lipinski definition) is 0. The average molecular weight is 428 g/mol. The molecule has 31 heavy (non-hydrogen) atoms. The number of benzene rings is 1. The topological polar surface area (TPSA) is 87.2 Å². The second-order valence-electron chi connectivity index (χ2n) is 9.03. The van der Waals surface area contributed by atoms with Gasteiger partial charge in [0.15, 0.2) is 6.61 Å². The maximum Gasteiger partial charge on any atom is 0.354 e. The fraction of sp³-hybridized carbons (Fsp3) is 0.565. The molecule has 1 saturated carbocycles. The van der Waals surface area contributed by atoms with Gasteiger partial charge in [0, 0.05) is 31.0 Å². The zero-order valence-corrected chi connectivity index (χ0v) is 18.5. The Balaban J connectivity index is 1.68. The third-order valence-corrected chi connectivity index (χ3v) is 6.27. The molecule has 1 aromatic rings. The number of hydrogen-bond acceptors (Lipinski definition) is 5. The van der Waals surface area contributed by atoms with E-state index in [-0.39, 0.29) is 48.7 Å². The summed E-state index contributed by atoms with van der Waals surface area (Å²) in [6.45, 7) is 7.19. The molecule has 8 nitrogen and oxygen atoms in total. The van der Waals surface area contributed by atoms with Crippen molar-refractivity contribution in [2.45, 2.75) is 77.2 Å². The molecule has 1 aromatic carbocycles. The number of rotatable bonds is 6. The van der Waals surface area contributed by atoms with E-state index in [1.165, 1.54) is 9.80 Å². The second kappa shape index (κ2) is 7.66. The van der Waals surface area contributed by atoms with Crippen LogP contribution in [0.15, 0.2) is 24.3 Å². The molecule has 4 rings (SSSR count). The van der Waals surface area contributed by atoms with Crippen LogP contribution in [-0.2, 0) is 19.1 Å². The molecule has 3 amide bonds. The summed E-state index contributed by atoms with van der Waals surface area (Å²) in [4.78, 5) is 57.2. The molecule has 0 aromatic heterocycles. The number of carbonyl (C=O) groups is 4. The van der Waals surface area contributed by atoms with E-state index in [2.05, 4.69) is 0 Å². The van der Waals surface area contributed by atoms with Crippen LogP contribution in [0.3, 0.4) is 0 Å². The van der Waals surface area contributed by atoms with Crippen LogP contribution in [0.2, 0.25) is 0 Å². The molecule has 8 heteroatoms. The number of amides is 3. The van der Waals surface area contributed by atoms with Gasteiger partial charge in [-0.15, -0.1) is 0 Å². The van der Waals surface area contributed by atoms with E-state index in [0.717, 1.165) is 12.8 Å². The Labute approximate surface area is 182 Å². The fourth-order valence-electron chi connectivity index (χ4n) is 5.00. The number of nitrogens with zero attached hydrogens (tertiary/aromatic N) is 3. The summed E-state index contributed by atoms with van der Waals surface area (Å²) >= 11 is 0. The standard InChI is InChI=1S/C23H29N3O5/c1-14(2)24(15(3)4)20(28)13-31-22(30)23-12-11-19(27)26(23)18-8-6-5-7-17(18)21(29)25(23)16-9-10-16/h5-8,14-16H,9-13H2,1-4H3/t23-/m1/s1. The molecule has 2 heterocycles. The van der Waals surface area contributed by atoms with Crippen molar-refractivity contribution in [1.82, 2.24) is 9.80 Å². The number of esters is 1. The van der Waals surface area contributed by atoms with Crippen molar-refractivity contribution in [1.29, 1.82) is 0 Å². The van der Waals surface area contributed by atoms with Crippen LogP contribution in [0.1, 0.15) is 63.7 Å². The van der Waals surface area contributed by atoms with Crippen molar-refractivity contribution in [2.75, 3.05) is 11.5 Å². The first-order valence-electron chi connectivity index (χ1n) is 10.9. The van der Waals surface area contributed by atoms with Crippen LogP contribution in [-0.4, -0.2) is 63.9 Å². The molecular weight excluding hydrogens is 398 g/mol. The fourth-order valence-corrected chi connectivity index (χ4v) is 5.00. The van der Waals surface area contributed by atoms with Crippen LogP contribution in [0.25, 0.3) is 0 Å². The highest BCUT2D eigenvalue weighted by atomic mass is 16.5. The summed E-state index contributed by atoms with van der Waals surface area (Å²) < 4.78 is 5.53. The maximum atomic E-state index is 13.5. The highest BCUT2D eigenvalue weighted by molar-refractivity contribution is 6.15. The summed E-state index contributed by atoms with van der Waals surface area (Å²) in [7, 11) is 0. The lowest BCUT2D eigenvalue weighted by Gasteiger charge is -2.48. The van der Waals surface area contributed by atoms with Gasteiger partial charge >= 0.3 is 5.97 Å². The molecule has 1 aliphatic carbocycles. The monoisotopic (exact) mass is 427 g/mol. The van der Waals surface area contributed by atoms with E-state index in [9.17, 15) is 19.2 Å². The maximum absolute atomic E-state index is 13.5. The van der Waals surface area contributed by atoms with Gasteiger partial charge < -0.3 is 14.5 Å². The van der Waals surface area contributed by atoms with E-state index >= 15 is 0 Å². The van der Waals surface area contributed by atoms with Gasteiger partial charge in [-0.25, -0.2) is 4.79 Å². The highest BCUT2D eigenvalue weighted by Crippen LogP contribution is 2.49. The van der Waals surface area contributed by atoms with Crippen LogP contribution >= 0.6 is 0 Å². The van der Waals surface area contributed by atoms with Gasteiger partial charge in [-0.1, -0.05) is 12.1 Å². The van der Waals surface area contributed by atoms with Gasteiger partial charge in [0.2, 0.25) is 11.6 Å². The van der Waals surface area contributed by atoms with Gasteiger partial charge in [0.25, 0.3) is 11.8 Å². The lowest BCUT2D eigenvalue weighted by Crippen LogP contribution is -2.69. The van der Waals surface area contributed by atoms with Crippen LogP contribution in [0, 0.1) is 0 Å². The van der Waals surface area contributed by atoms with E-state index in [1.54, 1.807) is 29.2 Å². The Morgan fingerprint density at radius 3 is 2.39 bits per heavy atom. The minimum atomic E-state index is -1.52. The number of fused-ring (bicyclic) bond motifs is 3. The molecule has 0 bridgehead atoms. The van der Waals surface area contributed by atoms with Crippen LogP contribution < -0.4 is 4.90 Å². The molecule has 0 N–H and O–H groups in total. The smallest absolute Gasteiger partial charge is 0.354 e. The Kier molecular flexibility index (Phi) is 5.27. The Hall–Kier alpha value is -2.90. The number of ether oxygens (including phenoxy) is 1. The van der Waals surface area contributed by atoms with Gasteiger partial charge in [-0.05, 0) is 52.7 Å². The van der Waals surface area contributed by atoms with E-state index in [1.807, 2.05) is 27.7 Å². The highest BCUT2D eigenvalue weighted by Gasteiger charge is 2.64. The summed E-state index contributed by atoms with van der Waals surface area (Å²) in [6.07, 6.45) is 1.85. The SMILES string of the molecule is CC(C)N(C(=O)COC(=O)[C@@]12CCC(=O)N1c1ccccc1C(=O)N2C1CC1)C(C)C. The average Bonchev–Trinajstić information content (AvgIpc) is 3.48. The number of anilines is 1. The first-order chi connectivity index (χ1) is 14.7. The van der Waals surface area contributed by atoms with Gasteiger partial charge in [-0.3, -0.25) is 19.3 Å². The van der Waals surface area contributed by atoms with Crippen molar-refractivity contribution >= 4 is 29.4 Å². The predicted octanol–water partition coefficient (Wildman–Crippen LogP) is 2.32. The number of carbonyl (C=O) groups excluding carboxylic acids is 4. The van der Waals surface area contributed by atoms with Crippen molar-refractivity contribution in [3.8, 4) is 0 Å². The first-order valence-corrected chi connectivity index (χ1v) is 10.9. The van der Waals surface area contributed by atoms with Crippen molar-refractivity contribution < 1.29 is 23.9 Å². The van der Waals surface area contributed by atoms with Crippen LogP contribution in [0.5, 0.6) is 0 Å². The van der Waals surface area contributed by atoms with Gasteiger partial charge in [0.05, 0.1) is 11.3 Å². The molecule has 3 aliphatic rings. The summed E-state index contributed by atoms with van der Waals surface area (Å²) in [5, 5.41) is 0. The van der Waals surface area contributed by atoms with Crippen molar-refractivity contribution in [2.24, 2.45) is 0 Å². The van der Waals surface area contributed by atoms with E-state index < -0.39 is 18.2 Å². The van der Waals surface area contributed by atoms with E-state index in [0.29, 0.717) is 11.3 Å². The lowest BCUT2D eigenvalue weighted by atomic mass is 9.96. The third kappa shape index (κ3) is 3.28. The molecule has 1 saturated heterocycles. The van der Waals surface area contributed by atoms with Crippen molar-refractivity contribution in [3.63, 3.8) is 0 Å². The molecule has 2 fully saturated rings. The summed E-state index contributed by atoms with van der Waals surface area (Å²) in [5.41, 5.74) is -0.680. The largest absolute Gasteiger partial charge is 0.452 e. The Bertz CT molecular complexity index is 931. The second-order valence-corrected chi connectivity index (χ2v) is 9.03. The molecule has 0 unspecified atom stereocenters. The van der Waals surface area contributed by atoms with E-state index in [4.69, 9.17) is 4.74 Å². The summed E-state index contributed by atoms with van der Waals surface area (Å²) in [6, 6.07) is 6.67. The normalized spacial score (nSPS) is 22.6. The zero-order chi connectivity index (χ0) is 22.5.